The summed E-state index contributed by atoms with van der Waals surface area (Å²) in [6, 6.07) is 4.16. The minimum atomic E-state index is 0.252. The molecule has 1 aliphatic rings. The molecule has 0 spiro atoms. The molecular weight excluding hydrogens is 194 g/mol. The predicted octanol–water partition coefficient (Wildman–Crippen LogP) is 2.24. The van der Waals surface area contributed by atoms with Crippen molar-refractivity contribution in [3.05, 3.63) is 12.1 Å². The van der Waals surface area contributed by atoms with E-state index in [4.69, 9.17) is 14.2 Å². The van der Waals surface area contributed by atoms with Gasteiger partial charge in [-0.25, -0.2) is 0 Å². The summed E-state index contributed by atoms with van der Waals surface area (Å²) in [6.07, 6.45) is 0. The van der Waals surface area contributed by atoms with Crippen molar-refractivity contribution < 1.29 is 14.2 Å². The summed E-state index contributed by atoms with van der Waals surface area (Å²) < 4.78 is 15.9. The van der Waals surface area contributed by atoms with Crippen LogP contribution in [0.2, 0.25) is 0 Å². The zero-order chi connectivity index (χ0) is 10.8. The van der Waals surface area contributed by atoms with Crippen LogP contribution in [0.5, 0.6) is 17.2 Å². The molecule has 15 heavy (non-hydrogen) atoms. The lowest BCUT2D eigenvalue weighted by atomic mass is 10.2. The number of fused-ring (bicyclic) bond motifs is 1. The van der Waals surface area contributed by atoms with Gasteiger partial charge in [0.1, 0.15) is 0 Å². The molecule has 1 heterocycles. The number of hydrogen-bond acceptors (Lipinski definition) is 4. The van der Waals surface area contributed by atoms with Crippen LogP contribution in [0.15, 0.2) is 12.1 Å². The van der Waals surface area contributed by atoms with Gasteiger partial charge in [-0.2, -0.15) is 0 Å². The van der Waals surface area contributed by atoms with E-state index in [0.717, 1.165) is 11.4 Å². The summed E-state index contributed by atoms with van der Waals surface area (Å²) in [5.74, 6) is 2.13. The molecule has 0 amide bonds. The number of methoxy groups -OCH3 is 1. The Morgan fingerprint density at radius 1 is 1.27 bits per heavy atom. The number of rotatable bonds is 3. The van der Waals surface area contributed by atoms with E-state index in [0.29, 0.717) is 17.5 Å². The van der Waals surface area contributed by atoms with E-state index < -0.39 is 0 Å². The van der Waals surface area contributed by atoms with Crippen molar-refractivity contribution in [2.24, 2.45) is 0 Å². The quantitative estimate of drug-likeness (QED) is 0.828. The van der Waals surface area contributed by atoms with Gasteiger partial charge in [-0.3, -0.25) is 0 Å². The molecule has 0 saturated heterocycles. The second kappa shape index (κ2) is 3.88. The van der Waals surface area contributed by atoms with Gasteiger partial charge in [-0.1, -0.05) is 0 Å². The smallest absolute Gasteiger partial charge is 0.231 e. The molecule has 0 aromatic heterocycles. The Kier molecular flexibility index (Phi) is 2.58. The largest absolute Gasteiger partial charge is 0.493 e. The lowest BCUT2D eigenvalue weighted by Crippen LogP contribution is -2.10. The first-order valence-corrected chi connectivity index (χ1v) is 4.95. The van der Waals surface area contributed by atoms with Crippen LogP contribution < -0.4 is 19.5 Å². The Morgan fingerprint density at radius 2 is 2.00 bits per heavy atom. The minimum absolute atomic E-state index is 0.252. The maximum Gasteiger partial charge on any atom is 0.231 e. The first-order valence-electron chi connectivity index (χ1n) is 4.95. The zero-order valence-electron chi connectivity index (χ0n) is 9.16. The third-order valence-corrected chi connectivity index (χ3v) is 2.15. The van der Waals surface area contributed by atoms with Crippen molar-refractivity contribution in [2.45, 2.75) is 19.9 Å². The van der Waals surface area contributed by atoms with E-state index in [-0.39, 0.29) is 6.79 Å². The maximum absolute atomic E-state index is 5.41. The van der Waals surface area contributed by atoms with Crippen LogP contribution in [0.25, 0.3) is 0 Å². The van der Waals surface area contributed by atoms with Crippen LogP contribution in [0.1, 0.15) is 13.8 Å². The van der Waals surface area contributed by atoms with Crippen molar-refractivity contribution in [1.29, 1.82) is 0 Å². The SMILES string of the molecule is COc1ccc(NC(C)C)c2c1OCO2. The van der Waals surface area contributed by atoms with Crippen molar-refractivity contribution in [2.75, 3.05) is 19.2 Å². The third-order valence-electron chi connectivity index (χ3n) is 2.15. The van der Waals surface area contributed by atoms with Gasteiger partial charge in [-0.15, -0.1) is 0 Å². The summed E-state index contributed by atoms with van der Waals surface area (Å²) in [4.78, 5) is 0. The Balaban J connectivity index is 2.38. The molecule has 82 valence electrons. The molecule has 0 atom stereocenters. The van der Waals surface area contributed by atoms with Gasteiger partial charge >= 0.3 is 0 Å². The van der Waals surface area contributed by atoms with Crippen molar-refractivity contribution in [3.63, 3.8) is 0 Å². The molecule has 0 bridgehead atoms. The number of hydrogen-bond donors (Lipinski definition) is 1. The Labute approximate surface area is 89.1 Å². The van der Waals surface area contributed by atoms with Gasteiger partial charge in [0.25, 0.3) is 0 Å². The molecule has 0 fully saturated rings. The van der Waals surface area contributed by atoms with Crippen molar-refractivity contribution in [1.82, 2.24) is 0 Å². The number of benzene rings is 1. The highest BCUT2D eigenvalue weighted by atomic mass is 16.7. The fourth-order valence-electron chi connectivity index (χ4n) is 1.56. The molecule has 2 rings (SSSR count). The average molecular weight is 209 g/mol. The van der Waals surface area contributed by atoms with Gasteiger partial charge in [-0.05, 0) is 26.0 Å². The summed E-state index contributed by atoms with van der Waals surface area (Å²) >= 11 is 0. The highest BCUT2D eigenvalue weighted by molar-refractivity contribution is 5.69. The normalized spacial score (nSPS) is 13.1. The van der Waals surface area contributed by atoms with E-state index in [9.17, 15) is 0 Å². The van der Waals surface area contributed by atoms with E-state index in [2.05, 4.69) is 19.2 Å². The Hall–Kier alpha value is -1.58. The van der Waals surface area contributed by atoms with Crippen molar-refractivity contribution >= 4 is 5.69 Å². The Bertz CT molecular complexity index is 363. The highest BCUT2D eigenvalue weighted by Gasteiger charge is 2.22. The molecule has 4 nitrogen and oxygen atoms in total. The molecule has 0 radical (unpaired) electrons. The fraction of sp³-hybridized carbons (Fsp3) is 0.455. The molecule has 1 aromatic rings. The second-order valence-electron chi connectivity index (χ2n) is 3.68. The van der Waals surface area contributed by atoms with Gasteiger partial charge < -0.3 is 19.5 Å². The van der Waals surface area contributed by atoms with Gasteiger partial charge in [0.15, 0.2) is 11.5 Å². The molecule has 0 unspecified atom stereocenters. The summed E-state index contributed by atoms with van der Waals surface area (Å²) in [5.41, 5.74) is 0.943. The zero-order valence-corrected chi connectivity index (χ0v) is 9.16. The van der Waals surface area contributed by atoms with E-state index in [1.54, 1.807) is 7.11 Å². The van der Waals surface area contributed by atoms with Crippen molar-refractivity contribution in [3.8, 4) is 17.2 Å². The molecule has 1 aliphatic heterocycles. The Morgan fingerprint density at radius 3 is 2.67 bits per heavy atom. The highest BCUT2D eigenvalue weighted by Crippen LogP contribution is 2.46. The lowest BCUT2D eigenvalue weighted by Gasteiger charge is -2.13. The topological polar surface area (TPSA) is 39.7 Å². The fourth-order valence-corrected chi connectivity index (χ4v) is 1.56. The molecule has 0 saturated carbocycles. The number of anilines is 1. The van der Waals surface area contributed by atoms with Crippen LogP contribution in [-0.4, -0.2) is 19.9 Å². The van der Waals surface area contributed by atoms with E-state index >= 15 is 0 Å². The molecule has 1 N–H and O–H groups in total. The molecular formula is C11H15NO3. The first-order chi connectivity index (χ1) is 7.22. The van der Waals surface area contributed by atoms with Crippen LogP contribution in [0.3, 0.4) is 0 Å². The number of nitrogens with one attached hydrogen (secondary N) is 1. The summed E-state index contributed by atoms with van der Waals surface area (Å²) in [5, 5.41) is 3.30. The first kappa shape index (κ1) is 9.96. The van der Waals surface area contributed by atoms with Crippen LogP contribution >= 0.6 is 0 Å². The van der Waals surface area contributed by atoms with E-state index in [1.165, 1.54) is 0 Å². The molecule has 4 heteroatoms. The van der Waals surface area contributed by atoms with Gasteiger partial charge in [0, 0.05) is 6.04 Å². The second-order valence-corrected chi connectivity index (χ2v) is 3.68. The number of ether oxygens (including phenoxy) is 3. The standard InChI is InChI=1S/C11H15NO3/c1-7(2)12-8-4-5-9(13-3)11-10(8)14-6-15-11/h4-5,7,12H,6H2,1-3H3. The molecule has 0 aliphatic carbocycles. The molecule has 1 aromatic carbocycles. The summed E-state index contributed by atoms with van der Waals surface area (Å²) in [7, 11) is 1.62. The summed E-state index contributed by atoms with van der Waals surface area (Å²) in [6.45, 7) is 4.40. The third kappa shape index (κ3) is 1.79. The van der Waals surface area contributed by atoms with Gasteiger partial charge in [0.2, 0.25) is 12.5 Å². The van der Waals surface area contributed by atoms with Gasteiger partial charge in [0.05, 0.1) is 12.8 Å². The van der Waals surface area contributed by atoms with Crippen LogP contribution in [0, 0.1) is 0 Å². The lowest BCUT2D eigenvalue weighted by molar-refractivity contribution is 0.171. The van der Waals surface area contributed by atoms with Crippen LogP contribution in [-0.2, 0) is 0 Å². The predicted molar refractivity (Wildman–Crippen MR) is 57.9 cm³/mol. The average Bonchev–Trinajstić information content (AvgIpc) is 2.66. The monoisotopic (exact) mass is 209 g/mol. The minimum Gasteiger partial charge on any atom is -0.493 e. The van der Waals surface area contributed by atoms with Crippen LogP contribution in [0.4, 0.5) is 5.69 Å². The maximum atomic E-state index is 5.41. The van der Waals surface area contributed by atoms with E-state index in [1.807, 2.05) is 12.1 Å².